The van der Waals surface area contributed by atoms with Crippen molar-refractivity contribution in [2.75, 3.05) is 11.9 Å². The van der Waals surface area contributed by atoms with Gasteiger partial charge < -0.3 is 25.4 Å². The van der Waals surface area contributed by atoms with Crippen molar-refractivity contribution in [3.63, 3.8) is 0 Å². The minimum Gasteiger partial charge on any atom is -0.508 e. The third-order valence-electron chi connectivity index (χ3n) is 5.85. The van der Waals surface area contributed by atoms with Crippen LogP contribution in [0.25, 0.3) is 0 Å². The standard InChI is InChI=1S/C29H41N3O5/c1-9-17-32(27(35)23(18(2)3)31-28(36)37-29(6,7)8)25(21-13-15-22(33)16-14-21)26(34)30-24-19(4)11-10-12-20(24)5/h10-16,18,23,25,33H,9,17H2,1-8H3,(H,30,34)(H,31,36). The maximum absolute atomic E-state index is 14.0. The van der Waals surface area contributed by atoms with Crippen LogP contribution in [0.15, 0.2) is 42.5 Å². The largest absolute Gasteiger partial charge is 0.508 e. The molecule has 0 aliphatic heterocycles. The number of nitrogens with zero attached hydrogens (tertiary/aromatic N) is 1. The van der Waals surface area contributed by atoms with Crippen LogP contribution in [0.3, 0.4) is 0 Å². The Bertz CT molecular complexity index is 1070. The molecule has 8 nitrogen and oxygen atoms in total. The van der Waals surface area contributed by atoms with Gasteiger partial charge in [0, 0.05) is 12.2 Å². The number of phenolic OH excluding ortho intramolecular Hbond substituents is 1. The molecule has 0 aliphatic rings. The molecule has 0 bridgehead atoms. The normalized spacial score (nSPS) is 13.0. The molecule has 0 fully saturated rings. The maximum Gasteiger partial charge on any atom is 0.408 e. The van der Waals surface area contributed by atoms with Crippen LogP contribution in [0, 0.1) is 19.8 Å². The lowest BCUT2D eigenvalue weighted by Gasteiger charge is -2.35. The average molecular weight is 512 g/mol. The van der Waals surface area contributed by atoms with Crippen LogP contribution in [-0.4, -0.2) is 46.1 Å². The number of ether oxygens (including phenoxy) is 1. The Kier molecular flexibility index (Phi) is 10.1. The van der Waals surface area contributed by atoms with Crippen molar-refractivity contribution in [1.29, 1.82) is 0 Å². The van der Waals surface area contributed by atoms with Crippen LogP contribution in [-0.2, 0) is 14.3 Å². The smallest absolute Gasteiger partial charge is 0.408 e. The second-order valence-electron chi connectivity index (χ2n) is 10.6. The van der Waals surface area contributed by atoms with Gasteiger partial charge in [0.1, 0.15) is 23.4 Å². The number of para-hydroxylation sites is 1. The number of rotatable bonds is 9. The third kappa shape index (κ3) is 8.23. The van der Waals surface area contributed by atoms with E-state index < -0.39 is 29.7 Å². The molecule has 0 radical (unpaired) electrons. The predicted octanol–water partition coefficient (Wildman–Crippen LogP) is 5.48. The van der Waals surface area contributed by atoms with Gasteiger partial charge in [-0.05, 0) is 75.8 Å². The SMILES string of the molecule is CCCN(C(=O)C(NC(=O)OC(C)(C)C)C(C)C)C(C(=O)Nc1c(C)cccc1C)c1ccc(O)cc1. The number of aryl methyl sites for hydroxylation is 2. The monoisotopic (exact) mass is 511 g/mol. The Morgan fingerprint density at radius 3 is 2.05 bits per heavy atom. The highest BCUT2D eigenvalue weighted by atomic mass is 16.6. The van der Waals surface area contributed by atoms with Crippen molar-refractivity contribution in [2.45, 2.75) is 79.5 Å². The quantitative estimate of drug-likeness (QED) is 0.413. The van der Waals surface area contributed by atoms with Gasteiger partial charge in [-0.3, -0.25) is 9.59 Å². The lowest BCUT2D eigenvalue weighted by Crippen LogP contribution is -2.54. The molecule has 2 rings (SSSR count). The van der Waals surface area contributed by atoms with E-state index >= 15 is 0 Å². The summed E-state index contributed by atoms with van der Waals surface area (Å²) in [5.41, 5.74) is 2.31. The summed E-state index contributed by atoms with van der Waals surface area (Å²) in [6.07, 6.45) is -0.106. The van der Waals surface area contributed by atoms with Crippen LogP contribution in [0.5, 0.6) is 5.75 Å². The van der Waals surface area contributed by atoms with Crippen molar-refractivity contribution in [2.24, 2.45) is 5.92 Å². The van der Waals surface area contributed by atoms with Crippen LogP contribution >= 0.6 is 0 Å². The molecule has 0 saturated carbocycles. The molecule has 0 aromatic heterocycles. The van der Waals surface area contributed by atoms with Crippen LogP contribution < -0.4 is 10.6 Å². The Hall–Kier alpha value is -3.55. The van der Waals surface area contributed by atoms with Gasteiger partial charge in [-0.1, -0.05) is 51.1 Å². The van der Waals surface area contributed by atoms with Gasteiger partial charge in [0.05, 0.1) is 0 Å². The first-order chi connectivity index (χ1) is 17.2. The van der Waals surface area contributed by atoms with Crippen LogP contribution in [0.4, 0.5) is 10.5 Å². The second kappa shape index (κ2) is 12.6. The fraction of sp³-hybridized carbons (Fsp3) is 0.483. The number of benzene rings is 2. The van der Waals surface area contributed by atoms with Gasteiger partial charge in [0.25, 0.3) is 5.91 Å². The molecule has 2 unspecified atom stereocenters. The number of amides is 3. The predicted molar refractivity (Wildman–Crippen MR) is 145 cm³/mol. The number of anilines is 1. The van der Waals surface area contributed by atoms with Crippen LogP contribution in [0.1, 0.15) is 70.7 Å². The van der Waals surface area contributed by atoms with Crippen molar-refractivity contribution in [1.82, 2.24) is 10.2 Å². The number of nitrogens with one attached hydrogen (secondary N) is 2. The molecule has 0 saturated heterocycles. The lowest BCUT2D eigenvalue weighted by molar-refractivity contribution is -0.141. The van der Waals surface area contributed by atoms with Gasteiger partial charge in [-0.15, -0.1) is 0 Å². The Labute approximate surface area is 220 Å². The zero-order chi connectivity index (χ0) is 27.9. The molecule has 202 valence electrons. The zero-order valence-electron chi connectivity index (χ0n) is 23.2. The molecule has 2 aromatic rings. The molecule has 0 spiro atoms. The molecule has 0 heterocycles. The van der Waals surface area contributed by atoms with Gasteiger partial charge >= 0.3 is 6.09 Å². The summed E-state index contributed by atoms with van der Waals surface area (Å²) in [6, 6.07) is 10.1. The van der Waals surface area contributed by atoms with E-state index in [9.17, 15) is 19.5 Å². The van der Waals surface area contributed by atoms with Crippen molar-refractivity contribution >= 4 is 23.6 Å². The number of phenols is 1. The van der Waals surface area contributed by atoms with E-state index in [2.05, 4.69) is 10.6 Å². The Morgan fingerprint density at radius 2 is 1.57 bits per heavy atom. The van der Waals surface area contributed by atoms with E-state index in [4.69, 9.17) is 4.74 Å². The summed E-state index contributed by atoms with van der Waals surface area (Å²) in [5.74, 6) is -0.985. The van der Waals surface area contributed by atoms with Gasteiger partial charge in [-0.25, -0.2) is 4.79 Å². The molecule has 3 N–H and O–H groups in total. The minimum absolute atomic E-state index is 0.0534. The summed E-state index contributed by atoms with van der Waals surface area (Å²) < 4.78 is 5.39. The van der Waals surface area contributed by atoms with Gasteiger partial charge in [0.15, 0.2) is 0 Å². The highest BCUT2D eigenvalue weighted by Gasteiger charge is 2.37. The number of carbonyl (C=O) groups is 3. The maximum atomic E-state index is 14.0. The summed E-state index contributed by atoms with van der Waals surface area (Å²) >= 11 is 0. The van der Waals surface area contributed by atoms with E-state index in [0.717, 1.165) is 11.1 Å². The highest BCUT2D eigenvalue weighted by molar-refractivity contribution is 6.00. The lowest BCUT2D eigenvalue weighted by atomic mass is 9.98. The molecule has 3 amide bonds. The summed E-state index contributed by atoms with van der Waals surface area (Å²) in [5, 5.41) is 15.6. The fourth-order valence-electron chi connectivity index (χ4n) is 4.07. The number of aromatic hydroxyl groups is 1. The number of carbonyl (C=O) groups excluding carboxylic acids is 3. The van der Waals surface area contributed by atoms with E-state index in [1.807, 2.05) is 52.8 Å². The van der Waals surface area contributed by atoms with E-state index in [0.29, 0.717) is 17.7 Å². The third-order valence-corrected chi connectivity index (χ3v) is 5.85. The number of hydrogen-bond donors (Lipinski definition) is 3. The van der Waals surface area contributed by atoms with E-state index in [1.165, 1.54) is 17.0 Å². The number of hydrogen-bond acceptors (Lipinski definition) is 5. The molecule has 2 atom stereocenters. The van der Waals surface area contributed by atoms with E-state index in [-0.39, 0.29) is 24.1 Å². The minimum atomic E-state index is -0.992. The number of alkyl carbamates (subject to hydrolysis) is 1. The first-order valence-corrected chi connectivity index (χ1v) is 12.7. The molecule has 37 heavy (non-hydrogen) atoms. The second-order valence-corrected chi connectivity index (χ2v) is 10.6. The molecular formula is C29H41N3O5. The van der Waals surface area contributed by atoms with E-state index in [1.54, 1.807) is 32.9 Å². The molecule has 0 aliphatic carbocycles. The van der Waals surface area contributed by atoms with Gasteiger partial charge in [-0.2, -0.15) is 0 Å². The van der Waals surface area contributed by atoms with Crippen molar-refractivity contribution in [3.8, 4) is 5.75 Å². The highest BCUT2D eigenvalue weighted by Crippen LogP contribution is 2.28. The Morgan fingerprint density at radius 1 is 1.00 bits per heavy atom. The first kappa shape index (κ1) is 29.7. The van der Waals surface area contributed by atoms with Crippen molar-refractivity contribution < 1.29 is 24.2 Å². The molecule has 8 heteroatoms. The van der Waals surface area contributed by atoms with Crippen molar-refractivity contribution in [3.05, 3.63) is 59.2 Å². The fourth-order valence-corrected chi connectivity index (χ4v) is 4.07. The van der Waals surface area contributed by atoms with Gasteiger partial charge in [0.2, 0.25) is 5.91 Å². The molecule has 2 aromatic carbocycles. The Balaban J connectivity index is 2.51. The topological polar surface area (TPSA) is 108 Å². The summed E-state index contributed by atoms with van der Waals surface area (Å²) in [4.78, 5) is 41.9. The zero-order valence-corrected chi connectivity index (χ0v) is 23.2. The molecular weight excluding hydrogens is 470 g/mol. The first-order valence-electron chi connectivity index (χ1n) is 12.7. The summed E-state index contributed by atoms with van der Waals surface area (Å²) in [7, 11) is 0. The van der Waals surface area contributed by atoms with Crippen LogP contribution in [0.2, 0.25) is 0 Å². The average Bonchev–Trinajstić information content (AvgIpc) is 2.79. The summed E-state index contributed by atoms with van der Waals surface area (Å²) in [6.45, 7) is 14.9.